The van der Waals surface area contributed by atoms with Crippen LogP contribution in [-0.4, -0.2) is 56.6 Å². The molecule has 1 aromatic rings. The minimum Gasteiger partial charge on any atom is -0.480 e. The first-order valence-electron chi connectivity index (χ1n) is 5.73. The number of carbonyl (C=O) groups is 2. The van der Waals surface area contributed by atoms with Crippen molar-refractivity contribution in [3.05, 3.63) is 5.69 Å². The summed E-state index contributed by atoms with van der Waals surface area (Å²) in [5.41, 5.74) is 0.116. The number of aromatic nitrogens is 2. The summed E-state index contributed by atoms with van der Waals surface area (Å²) in [5.74, 6) is -2.73. The van der Waals surface area contributed by atoms with Crippen molar-refractivity contribution in [2.45, 2.75) is 10.8 Å². The molecule has 0 aliphatic heterocycles. The summed E-state index contributed by atoms with van der Waals surface area (Å²) in [7, 11) is 5.12. The number of thioether (sulfide) groups is 1. The number of esters is 2. The normalized spacial score (nSPS) is 10.2. The van der Waals surface area contributed by atoms with E-state index in [1.54, 1.807) is 6.26 Å². The summed E-state index contributed by atoms with van der Waals surface area (Å²) in [6.45, 7) is 0. The average molecular weight is 316 g/mol. The Morgan fingerprint density at radius 1 is 1.00 bits per heavy atom. The van der Waals surface area contributed by atoms with E-state index in [0.717, 1.165) is 0 Å². The Hall–Kier alpha value is -2.03. The van der Waals surface area contributed by atoms with Gasteiger partial charge in [-0.2, -0.15) is 9.97 Å². The SMILES string of the molecule is COC(=O)C(C(=O)OC)c1nc(OC)nc(OC)c1SC. The average Bonchev–Trinajstić information content (AvgIpc) is 2.53. The van der Waals surface area contributed by atoms with E-state index in [9.17, 15) is 9.59 Å². The fourth-order valence-electron chi connectivity index (χ4n) is 1.60. The molecule has 0 aliphatic carbocycles. The summed E-state index contributed by atoms with van der Waals surface area (Å²) in [6, 6.07) is -0.0301. The Labute approximate surface area is 126 Å². The number of hydrogen-bond acceptors (Lipinski definition) is 9. The second-order valence-electron chi connectivity index (χ2n) is 3.62. The van der Waals surface area contributed by atoms with Gasteiger partial charge in [0.15, 0.2) is 5.92 Å². The van der Waals surface area contributed by atoms with Crippen molar-refractivity contribution in [3.8, 4) is 11.9 Å². The topological polar surface area (TPSA) is 96.8 Å². The van der Waals surface area contributed by atoms with Gasteiger partial charge in [-0.05, 0) is 6.26 Å². The number of rotatable bonds is 6. The molecule has 0 amide bonds. The van der Waals surface area contributed by atoms with E-state index in [2.05, 4.69) is 19.4 Å². The maximum absolute atomic E-state index is 11.9. The molecule has 0 saturated carbocycles. The summed E-state index contributed by atoms with van der Waals surface area (Å²) >= 11 is 1.23. The Morgan fingerprint density at radius 3 is 1.95 bits per heavy atom. The summed E-state index contributed by atoms with van der Waals surface area (Å²) < 4.78 is 19.4. The molecular formula is C12H16N2O6S. The molecule has 0 fully saturated rings. The molecule has 9 heteroatoms. The van der Waals surface area contributed by atoms with Crippen LogP contribution in [0.1, 0.15) is 11.6 Å². The van der Waals surface area contributed by atoms with Gasteiger partial charge in [-0.25, -0.2) is 0 Å². The van der Waals surface area contributed by atoms with Crippen LogP contribution in [0, 0.1) is 0 Å². The van der Waals surface area contributed by atoms with Gasteiger partial charge in [0.2, 0.25) is 5.88 Å². The van der Waals surface area contributed by atoms with Crippen LogP contribution in [-0.2, 0) is 19.1 Å². The van der Waals surface area contributed by atoms with Crippen LogP contribution in [0.5, 0.6) is 11.9 Å². The second kappa shape index (κ2) is 7.67. The molecule has 0 radical (unpaired) electrons. The zero-order valence-corrected chi connectivity index (χ0v) is 13.1. The molecule has 1 aromatic heterocycles. The maximum atomic E-state index is 11.9. The van der Waals surface area contributed by atoms with E-state index in [4.69, 9.17) is 9.47 Å². The molecule has 0 aromatic carbocycles. The van der Waals surface area contributed by atoms with Crippen molar-refractivity contribution in [2.75, 3.05) is 34.7 Å². The molecule has 0 spiro atoms. The summed E-state index contributed by atoms with van der Waals surface area (Å²) in [5, 5.41) is 0. The summed E-state index contributed by atoms with van der Waals surface area (Å²) in [6.07, 6.45) is 1.74. The molecule has 0 aliphatic rings. The van der Waals surface area contributed by atoms with E-state index >= 15 is 0 Å². The lowest BCUT2D eigenvalue weighted by Gasteiger charge is -2.17. The van der Waals surface area contributed by atoms with Gasteiger partial charge >= 0.3 is 17.9 Å². The molecule has 21 heavy (non-hydrogen) atoms. The molecule has 116 valence electrons. The highest BCUT2D eigenvalue weighted by Crippen LogP contribution is 2.35. The highest BCUT2D eigenvalue weighted by molar-refractivity contribution is 7.98. The zero-order chi connectivity index (χ0) is 16.0. The third-order valence-corrected chi connectivity index (χ3v) is 3.36. The van der Waals surface area contributed by atoms with Crippen molar-refractivity contribution in [1.29, 1.82) is 0 Å². The van der Waals surface area contributed by atoms with Crippen molar-refractivity contribution in [2.24, 2.45) is 0 Å². The van der Waals surface area contributed by atoms with Crippen LogP contribution >= 0.6 is 11.8 Å². The van der Waals surface area contributed by atoms with Crippen molar-refractivity contribution >= 4 is 23.7 Å². The molecule has 0 bridgehead atoms. The Morgan fingerprint density at radius 2 is 1.57 bits per heavy atom. The van der Waals surface area contributed by atoms with Crippen LogP contribution in [0.4, 0.5) is 0 Å². The first-order chi connectivity index (χ1) is 10.0. The Bertz CT molecular complexity index is 521. The fourth-order valence-corrected chi connectivity index (χ4v) is 2.27. The third-order valence-electron chi connectivity index (χ3n) is 2.57. The quantitative estimate of drug-likeness (QED) is 0.425. The first-order valence-corrected chi connectivity index (χ1v) is 6.96. The molecule has 1 heterocycles. The predicted octanol–water partition coefficient (Wildman–Crippen LogP) is 0.645. The number of hydrogen-bond donors (Lipinski definition) is 0. The van der Waals surface area contributed by atoms with Crippen LogP contribution in [0.3, 0.4) is 0 Å². The number of ether oxygens (including phenoxy) is 4. The zero-order valence-electron chi connectivity index (χ0n) is 12.3. The van der Waals surface area contributed by atoms with Gasteiger partial charge in [-0.1, -0.05) is 0 Å². The molecule has 0 atom stereocenters. The number of nitrogens with zero attached hydrogens (tertiary/aromatic N) is 2. The van der Waals surface area contributed by atoms with Gasteiger partial charge in [0.25, 0.3) is 0 Å². The highest BCUT2D eigenvalue weighted by Gasteiger charge is 2.36. The van der Waals surface area contributed by atoms with E-state index in [1.165, 1.54) is 40.2 Å². The molecular weight excluding hydrogens is 300 g/mol. The minimum atomic E-state index is -1.34. The van der Waals surface area contributed by atoms with Crippen molar-refractivity contribution in [3.63, 3.8) is 0 Å². The van der Waals surface area contributed by atoms with E-state index in [1.807, 2.05) is 0 Å². The largest absolute Gasteiger partial charge is 0.480 e. The smallest absolute Gasteiger partial charge is 0.326 e. The number of carbonyl (C=O) groups excluding carboxylic acids is 2. The van der Waals surface area contributed by atoms with Crippen LogP contribution < -0.4 is 9.47 Å². The standard InChI is InChI=1S/C12H16N2O6S/c1-17-9-8(21-5)7(13-12(14-9)20-4)6(10(15)18-2)11(16)19-3/h6H,1-5H3. The van der Waals surface area contributed by atoms with E-state index in [0.29, 0.717) is 4.90 Å². The minimum absolute atomic E-state index is 0.0301. The van der Waals surface area contributed by atoms with Gasteiger partial charge < -0.3 is 18.9 Å². The molecule has 8 nitrogen and oxygen atoms in total. The van der Waals surface area contributed by atoms with E-state index < -0.39 is 17.9 Å². The lowest BCUT2D eigenvalue weighted by molar-refractivity contribution is -0.154. The second-order valence-corrected chi connectivity index (χ2v) is 4.43. The Kier molecular flexibility index (Phi) is 6.22. The van der Waals surface area contributed by atoms with Crippen LogP contribution in [0.15, 0.2) is 4.90 Å². The van der Waals surface area contributed by atoms with Gasteiger partial charge in [0.1, 0.15) is 0 Å². The van der Waals surface area contributed by atoms with Crippen molar-refractivity contribution < 1.29 is 28.5 Å². The van der Waals surface area contributed by atoms with E-state index in [-0.39, 0.29) is 17.6 Å². The third kappa shape index (κ3) is 3.54. The molecule has 0 unspecified atom stereocenters. The Balaban J connectivity index is 3.54. The molecule has 0 saturated heterocycles. The van der Waals surface area contributed by atoms with Crippen molar-refractivity contribution in [1.82, 2.24) is 9.97 Å². The lowest BCUT2D eigenvalue weighted by atomic mass is 10.1. The monoisotopic (exact) mass is 316 g/mol. The highest BCUT2D eigenvalue weighted by atomic mass is 32.2. The van der Waals surface area contributed by atoms with Gasteiger partial charge in [-0.15, -0.1) is 11.8 Å². The van der Waals surface area contributed by atoms with Gasteiger partial charge in [0.05, 0.1) is 39.0 Å². The van der Waals surface area contributed by atoms with Gasteiger partial charge in [-0.3, -0.25) is 9.59 Å². The van der Waals surface area contributed by atoms with Crippen LogP contribution in [0.2, 0.25) is 0 Å². The number of methoxy groups -OCH3 is 4. The predicted molar refractivity (Wildman–Crippen MR) is 73.7 cm³/mol. The molecule has 0 N–H and O–H groups in total. The lowest BCUT2D eigenvalue weighted by Crippen LogP contribution is -2.26. The van der Waals surface area contributed by atoms with Gasteiger partial charge in [0, 0.05) is 0 Å². The maximum Gasteiger partial charge on any atom is 0.326 e. The fraction of sp³-hybridized carbons (Fsp3) is 0.500. The first kappa shape index (κ1) is 17.0. The van der Waals surface area contributed by atoms with Crippen LogP contribution in [0.25, 0.3) is 0 Å². The summed E-state index contributed by atoms with van der Waals surface area (Å²) in [4.78, 5) is 32.3. The molecule has 1 rings (SSSR count).